The van der Waals surface area contributed by atoms with Crippen molar-refractivity contribution in [1.82, 2.24) is 15.0 Å². The van der Waals surface area contributed by atoms with Crippen LogP contribution in [-0.2, 0) is 10.0 Å². The van der Waals surface area contributed by atoms with Crippen LogP contribution < -0.4 is 10.0 Å². The smallest absolute Gasteiger partial charge is 0.251 e. The van der Waals surface area contributed by atoms with Crippen LogP contribution in [0.15, 0.2) is 10.4 Å². The fraction of sp³-hybridized carbons (Fsp3) is 0.727. The molecule has 0 saturated carbocycles. The van der Waals surface area contributed by atoms with Gasteiger partial charge >= 0.3 is 0 Å². The van der Waals surface area contributed by atoms with Crippen LogP contribution in [0.3, 0.4) is 0 Å². The van der Waals surface area contributed by atoms with E-state index in [2.05, 4.69) is 15.0 Å². The van der Waals surface area contributed by atoms with Gasteiger partial charge in [0, 0.05) is 18.1 Å². The third-order valence-electron chi connectivity index (χ3n) is 3.66. The van der Waals surface area contributed by atoms with Crippen molar-refractivity contribution in [3.05, 3.63) is 11.2 Å². The van der Waals surface area contributed by atoms with Gasteiger partial charge in [0.05, 0.1) is 11.2 Å². The van der Waals surface area contributed by atoms with Crippen molar-refractivity contribution in [3.8, 4) is 0 Å². The van der Waals surface area contributed by atoms with E-state index in [1.165, 1.54) is 30.4 Å². The van der Waals surface area contributed by atoms with Gasteiger partial charge in [0.2, 0.25) is 0 Å². The van der Waals surface area contributed by atoms with E-state index in [4.69, 9.17) is 0 Å². The first-order valence-corrected chi connectivity index (χ1v) is 8.54. The zero-order valence-corrected chi connectivity index (χ0v) is 11.9. The maximum Gasteiger partial charge on any atom is 0.251 e. The molecule has 2 aliphatic rings. The Bertz CT molecular complexity index is 528. The molecule has 0 radical (unpaired) electrons. The first kappa shape index (κ1) is 12.5. The van der Waals surface area contributed by atoms with E-state index in [0.717, 1.165) is 17.8 Å². The van der Waals surface area contributed by atoms with Crippen molar-refractivity contribution in [3.63, 3.8) is 0 Å². The third-order valence-corrected chi connectivity index (χ3v) is 6.55. The van der Waals surface area contributed by atoms with Crippen LogP contribution in [0.2, 0.25) is 0 Å². The molecule has 2 unspecified atom stereocenters. The van der Waals surface area contributed by atoms with Crippen LogP contribution in [0, 0.1) is 6.92 Å². The molecule has 2 N–H and O–H groups in total. The fourth-order valence-corrected chi connectivity index (χ4v) is 5.28. The fourth-order valence-electron chi connectivity index (χ4n) is 2.90. The average Bonchev–Trinajstić information content (AvgIpc) is 2.85. The predicted molar refractivity (Wildman–Crippen MR) is 70.1 cm³/mol. The van der Waals surface area contributed by atoms with Gasteiger partial charge in [-0.1, -0.05) is 0 Å². The summed E-state index contributed by atoms with van der Waals surface area (Å²) in [5.74, 6) is 0. The summed E-state index contributed by atoms with van der Waals surface area (Å²) in [5, 5.41) is 4.28. The monoisotopic (exact) mass is 287 g/mol. The lowest BCUT2D eigenvalue weighted by molar-refractivity contribution is 0.345. The molecule has 5 nitrogen and oxygen atoms in total. The summed E-state index contributed by atoms with van der Waals surface area (Å²) in [7, 11) is -3.38. The molecule has 0 amide bonds. The van der Waals surface area contributed by atoms with Crippen molar-refractivity contribution >= 4 is 21.4 Å². The molecule has 0 spiro atoms. The summed E-state index contributed by atoms with van der Waals surface area (Å²) in [6.45, 7) is 1.81. The SMILES string of the molecule is Cc1ncc(S(=O)(=O)NC2CC3CCC(C2)N3)s1. The number of aromatic nitrogens is 1. The third kappa shape index (κ3) is 2.45. The van der Waals surface area contributed by atoms with E-state index in [1.54, 1.807) is 0 Å². The number of piperidine rings is 1. The van der Waals surface area contributed by atoms with Crippen LogP contribution in [0.1, 0.15) is 30.7 Å². The average molecular weight is 287 g/mol. The van der Waals surface area contributed by atoms with E-state index in [0.29, 0.717) is 16.3 Å². The molecule has 2 bridgehead atoms. The van der Waals surface area contributed by atoms with Crippen LogP contribution in [0.5, 0.6) is 0 Å². The van der Waals surface area contributed by atoms with Crippen molar-refractivity contribution < 1.29 is 8.42 Å². The quantitative estimate of drug-likeness (QED) is 0.870. The molecular formula is C11H17N3O2S2. The molecule has 2 atom stereocenters. The lowest BCUT2D eigenvalue weighted by Crippen LogP contribution is -2.47. The zero-order valence-electron chi connectivity index (χ0n) is 10.2. The molecule has 18 heavy (non-hydrogen) atoms. The number of hydrogen-bond acceptors (Lipinski definition) is 5. The molecular weight excluding hydrogens is 270 g/mol. The minimum Gasteiger partial charge on any atom is -0.311 e. The molecule has 2 aliphatic heterocycles. The van der Waals surface area contributed by atoms with E-state index >= 15 is 0 Å². The van der Waals surface area contributed by atoms with Gasteiger partial charge in [-0.3, -0.25) is 0 Å². The first-order chi connectivity index (χ1) is 8.53. The maximum atomic E-state index is 12.2. The number of nitrogens with one attached hydrogen (secondary N) is 2. The highest BCUT2D eigenvalue weighted by atomic mass is 32.2. The van der Waals surface area contributed by atoms with Gasteiger partial charge in [-0.05, 0) is 32.6 Å². The van der Waals surface area contributed by atoms with Crippen molar-refractivity contribution in [2.75, 3.05) is 0 Å². The second-order valence-corrected chi connectivity index (χ2v) is 8.30. The number of rotatable bonds is 3. The van der Waals surface area contributed by atoms with Crippen LogP contribution in [-0.4, -0.2) is 31.5 Å². The molecule has 0 aliphatic carbocycles. The summed E-state index contributed by atoms with van der Waals surface area (Å²) in [5.41, 5.74) is 0. The van der Waals surface area contributed by atoms with Crippen LogP contribution in [0.25, 0.3) is 0 Å². The minimum atomic E-state index is -3.38. The summed E-state index contributed by atoms with van der Waals surface area (Å²) >= 11 is 1.22. The van der Waals surface area contributed by atoms with Crippen LogP contribution >= 0.6 is 11.3 Å². The molecule has 1 aromatic rings. The molecule has 100 valence electrons. The van der Waals surface area contributed by atoms with Gasteiger partial charge in [0.15, 0.2) is 4.21 Å². The topological polar surface area (TPSA) is 71.1 Å². The zero-order chi connectivity index (χ0) is 12.8. The largest absolute Gasteiger partial charge is 0.311 e. The van der Waals surface area contributed by atoms with Gasteiger partial charge in [0.1, 0.15) is 0 Å². The molecule has 7 heteroatoms. The van der Waals surface area contributed by atoms with Crippen molar-refractivity contribution in [2.24, 2.45) is 0 Å². The number of thiazole rings is 1. The summed E-state index contributed by atoms with van der Waals surface area (Å²) in [4.78, 5) is 4.01. The highest BCUT2D eigenvalue weighted by Crippen LogP contribution is 2.28. The molecule has 2 fully saturated rings. The van der Waals surface area contributed by atoms with Crippen LogP contribution in [0.4, 0.5) is 0 Å². The van der Waals surface area contributed by atoms with E-state index in [1.807, 2.05) is 6.92 Å². The highest BCUT2D eigenvalue weighted by Gasteiger charge is 2.35. The highest BCUT2D eigenvalue weighted by molar-refractivity contribution is 7.91. The molecule has 3 heterocycles. The Labute approximate surface area is 111 Å². The van der Waals surface area contributed by atoms with Crippen molar-refractivity contribution in [2.45, 2.75) is 54.9 Å². The second kappa shape index (κ2) is 4.56. The summed E-state index contributed by atoms with van der Waals surface area (Å²) < 4.78 is 27.5. The van der Waals surface area contributed by atoms with Gasteiger partial charge in [-0.2, -0.15) is 0 Å². The van der Waals surface area contributed by atoms with Gasteiger partial charge in [-0.25, -0.2) is 18.1 Å². The van der Waals surface area contributed by atoms with E-state index in [9.17, 15) is 8.42 Å². The molecule has 1 aromatic heterocycles. The number of fused-ring (bicyclic) bond motifs is 2. The number of nitrogens with zero attached hydrogens (tertiary/aromatic N) is 1. The maximum absolute atomic E-state index is 12.2. The van der Waals surface area contributed by atoms with Gasteiger partial charge < -0.3 is 5.32 Å². The Morgan fingerprint density at radius 2 is 2.06 bits per heavy atom. The Morgan fingerprint density at radius 1 is 1.39 bits per heavy atom. The molecule has 3 rings (SSSR count). The predicted octanol–water partition coefficient (Wildman–Crippen LogP) is 1.01. The van der Waals surface area contributed by atoms with Gasteiger partial charge in [-0.15, -0.1) is 11.3 Å². The number of aryl methyl sites for hydroxylation is 1. The first-order valence-electron chi connectivity index (χ1n) is 6.24. The van der Waals surface area contributed by atoms with E-state index in [-0.39, 0.29) is 6.04 Å². The summed E-state index contributed by atoms with van der Waals surface area (Å²) in [6, 6.07) is 1.04. The Hall–Kier alpha value is -0.500. The van der Waals surface area contributed by atoms with E-state index < -0.39 is 10.0 Å². The Morgan fingerprint density at radius 3 is 2.61 bits per heavy atom. The summed E-state index contributed by atoms with van der Waals surface area (Å²) in [6.07, 6.45) is 5.57. The lowest BCUT2D eigenvalue weighted by atomic mass is 10.0. The standard InChI is InChI=1S/C11H17N3O2S2/c1-7-12-6-11(17-7)18(15,16)14-10-4-8-2-3-9(5-10)13-8/h6,8-10,13-14H,2-5H2,1H3. The second-order valence-electron chi connectivity index (χ2n) is 5.13. The minimum absolute atomic E-state index is 0.0659. The Balaban J connectivity index is 1.72. The lowest BCUT2D eigenvalue weighted by Gasteiger charge is -2.29. The normalized spacial score (nSPS) is 31.7. The number of sulfonamides is 1. The number of hydrogen-bond donors (Lipinski definition) is 2. The van der Waals surface area contributed by atoms with Crippen molar-refractivity contribution in [1.29, 1.82) is 0 Å². The molecule has 2 saturated heterocycles. The van der Waals surface area contributed by atoms with Gasteiger partial charge in [0.25, 0.3) is 10.0 Å². The Kier molecular flexibility index (Phi) is 3.17. The molecule has 0 aromatic carbocycles.